The van der Waals surface area contributed by atoms with Crippen LogP contribution in [0.5, 0.6) is 0 Å². The van der Waals surface area contributed by atoms with Crippen LogP contribution in [0.4, 0.5) is 5.69 Å². The van der Waals surface area contributed by atoms with E-state index in [0.29, 0.717) is 17.7 Å². The Labute approximate surface area is 188 Å². The van der Waals surface area contributed by atoms with Crippen LogP contribution in [0.3, 0.4) is 0 Å². The second-order valence-electron chi connectivity index (χ2n) is 7.94. The Kier molecular flexibility index (Phi) is 10.8. The lowest BCUT2D eigenvalue weighted by Crippen LogP contribution is -2.25. The first-order valence-electron chi connectivity index (χ1n) is 11.5. The highest BCUT2D eigenvalue weighted by atomic mass is 32.2. The van der Waals surface area contributed by atoms with Crippen LogP contribution in [0, 0.1) is 0 Å². The number of aliphatic hydroxyl groups excluding tert-OH is 1. The Morgan fingerprint density at radius 2 is 1.29 bits per heavy atom. The van der Waals surface area contributed by atoms with Gasteiger partial charge in [-0.05, 0) is 61.1 Å². The molecule has 0 amide bonds. The fraction of sp³-hybridized carbons (Fsp3) is 0.462. The van der Waals surface area contributed by atoms with Crippen molar-refractivity contribution in [1.82, 2.24) is 0 Å². The summed E-state index contributed by atoms with van der Waals surface area (Å²) in [6.45, 7) is 6.67. The van der Waals surface area contributed by atoms with E-state index in [1.807, 2.05) is 18.2 Å². The number of rotatable bonds is 14. The van der Waals surface area contributed by atoms with Gasteiger partial charge in [0.15, 0.2) is 9.84 Å². The molecule has 0 saturated heterocycles. The molecule has 2 aromatic carbocycles. The van der Waals surface area contributed by atoms with E-state index in [1.54, 1.807) is 12.1 Å². The van der Waals surface area contributed by atoms with Crippen LogP contribution in [0.15, 0.2) is 53.4 Å². The zero-order valence-corrected chi connectivity index (χ0v) is 19.8. The zero-order valence-electron chi connectivity index (χ0n) is 19.0. The van der Waals surface area contributed by atoms with E-state index < -0.39 is 9.84 Å². The molecule has 0 radical (unpaired) electrons. The van der Waals surface area contributed by atoms with Crippen molar-refractivity contribution in [2.45, 2.75) is 57.3 Å². The first-order valence-corrected chi connectivity index (χ1v) is 13.1. The Balaban J connectivity index is 2.01. The van der Waals surface area contributed by atoms with Gasteiger partial charge in [0.1, 0.15) is 0 Å². The molecule has 1 N–H and O–H groups in total. The number of unbranched alkanes of at least 4 members (excludes halogenated alkanes) is 3. The van der Waals surface area contributed by atoms with Crippen molar-refractivity contribution >= 4 is 27.7 Å². The summed E-state index contributed by atoms with van der Waals surface area (Å²) in [5.74, 6) is 0.0720. The third-order valence-electron chi connectivity index (χ3n) is 5.35. The first-order chi connectivity index (χ1) is 15.0. The summed E-state index contributed by atoms with van der Waals surface area (Å²) < 4.78 is 24.6. The number of anilines is 1. The molecule has 0 aromatic heterocycles. The summed E-state index contributed by atoms with van der Waals surface area (Å²) in [7, 11) is -3.28. The fourth-order valence-electron chi connectivity index (χ4n) is 3.36. The number of nitrogens with zero attached hydrogens (tertiary/aromatic N) is 1. The van der Waals surface area contributed by atoms with Crippen LogP contribution in [0.2, 0.25) is 0 Å². The van der Waals surface area contributed by atoms with Crippen LogP contribution in [-0.4, -0.2) is 39.0 Å². The number of benzene rings is 2. The third kappa shape index (κ3) is 8.50. The predicted molar refractivity (Wildman–Crippen MR) is 132 cm³/mol. The highest BCUT2D eigenvalue weighted by Gasteiger charge is 2.13. The van der Waals surface area contributed by atoms with E-state index >= 15 is 0 Å². The molecule has 0 unspecified atom stereocenters. The van der Waals surface area contributed by atoms with Gasteiger partial charge >= 0.3 is 0 Å². The second-order valence-corrected chi connectivity index (χ2v) is 10.0. The Morgan fingerprint density at radius 1 is 0.774 bits per heavy atom. The van der Waals surface area contributed by atoms with Crippen molar-refractivity contribution in [2.24, 2.45) is 0 Å². The summed E-state index contributed by atoms with van der Waals surface area (Å²) in [6.07, 6.45) is 9.86. The van der Waals surface area contributed by atoms with Crippen molar-refractivity contribution in [1.29, 1.82) is 0 Å². The minimum Gasteiger partial charge on any atom is -0.396 e. The highest BCUT2D eigenvalue weighted by molar-refractivity contribution is 7.91. The Hall–Kier alpha value is -2.11. The molecule has 31 heavy (non-hydrogen) atoms. The first kappa shape index (κ1) is 25.2. The highest BCUT2D eigenvalue weighted by Crippen LogP contribution is 2.19. The van der Waals surface area contributed by atoms with Gasteiger partial charge in [0.2, 0.25) is 0 Å². The normalized spacial score (nSPS) is 11.8. The maximum Gasteiger partial charge on any atom is 0.178 e. The summed E-state index contributed by atoms with van der Waals surface area (Å²) >= 11 is 0. The van der Waals surface area contributed by atoms with E-state index in [2.05, 4.69) is 49.1 Å². The standard InChI is InChI=1S/C26H37NO3S/c1-3-5-19-27(20-6-4-2)25-15-11-23(12-16-25)9-10-24-13-17-26(18-14-24)31(29,30)22-8-7-21-28/h9-18,28H,3-8,19-22H2,1-2H3. The molecular weight excluding hydrogens is 406 g/mol. The number of aliphatic hydroxyl groups is 1. The van der Waals surface area contributed by atoms with Crippen molar-refractivity contribution in [3.8, 4) is 0 Å². The Morgan fingerprint density at radius 3 is 1.77 bits per heavy atom. The number of hydrogen-bond acceptors (Lipinski definition) is 4. The molecule has 2 rings (SSSR count). The van der Waals surface area contributed by atoms with Gasteiger partial charge in [-0.3, -0.25) is 0 Å². The minimum atomic E-state index is -3.28. The van der Waals surface area contributed by atoms with Gasteiger partial charge < -0.3 is 10.0 Å². The molecule has 170 valence electrons. The topological polar surface area (TPSA) is 57.6 Å². The average molecular weight is 444 g/mol. The van der Waals surface area contributed by atoms with E-state index in [9.17, 15) is 8.42 Å². The van der Waals surface area contributed by atoms with E-state index in [4.69, 9.17) is 5.11 Å². The van der Waals surface area contributed by atoms with Crippen LogP contribution >= 0.6 is 0 Å². The molecule has 0 aliphatic heterocycles. The SMILES string of the molecule is CCCCN(CCCC)c1ccc(C=Cc2ccc(S(=O)(=O)CCCCO)cc2)cc1. The number of hydrogen-bond donors (Lipinski definition) is 1. The lowest BCUT2D eigenvalue weighted by molar-refractivity contribution is 0.287. The molecule has 5 heteroatoms. The lowest BCUT2D eigenvalue weighted by Gasteiger charge is -2.24. The van der Waals surface area contributed by atoms with Gasteiger partial charge in [0, 0.05) is 25.4 Å². The van der Waals surface area contributed by atoms with Gasteiger partial charge in [0.25, 0.3) is 0 Å². The molecule has 0 heterocycles. The molecule has 2 aromatic rings. The van der Waals surface area contributed by atoms with E-state index in [0.717, 1.165) is 24.2 Å². The average Bonchev–Trinajstić information content (AvgIpc) is 2.79. The maximum absolute atomic E-state index is 12.3. The predicted octanol–water partition coefficient (Wildman–Crippen LogP) is 5.81. The van der Waals surface area contributed by atoms with Gasteiger partial charge in [-0.1, -0.05) is 63.1 Å². The second kappa shape index (κ2) is 13.3. The molecule has 0 spiro atoms. The maximum atomic E-state index is 12.3. The molecule has 0 aliphatic carbocycles. The van der Waals surface area contributed by atoms with Crippen molar-refractivity contribution in [3.05, 3.63) is 59.7 Å². The fourth-order valence-corrected chi connectivity index (χ4v) is 4.74. The monoisotopic (exact) mass is 443 g/mol. The molecule has 4 nitrogen and oxygen atoms in total. The summed E-state index contributed by atoms with van der Waals surface area (Å²) in [5, 5.41) is 8.83. The Bertz CT molecular complexity index is 879. The number of sulfone groups is 1. The van der Waals surface area contributed by atoms with Crippen LogP contribution in [0.25, 0.3) is 12.2 Å². The van der Waals surface area contributed by atoms with Gasteiger partial charge in [-0.25, -0.2) is 8.42 Å². The molecule has 0 atom stereocenters. The van der Waals surface area contributed by atoms with Gasteiger partial charge in [-0.2, -0.15) is 0 Å². The van der Waals surface area contributed by atoms with E-state index in [-0.39, 0.29) is 12.4 Å². The van der Waals surface area contributed by atoms with Crippen molar-refractivity contribution in [3.63, 3.8) is 0 Å². The lowest BCUT2D eigenvalue weighted by atomic mass is 10.1. The van der Waals surface area contributed by atoms with Crippen molar-refractivity contribution < 1.29 is 13.5 Å². The van der Waals surface area contributed by atoms with Crippen LogP contribution in [0.1, 0.15) is 63.5 Å². The molecule has 0 fully saturated rings. The van der Waals surface area contributed by atoms with Gasteiger partial charge in [0.05, 0.1) is 10.6 Å². The van der Waals surface area contributed by atoms with Crippen LogP contribution in [-0.2, 0) is 9.84 Å². The molecule has 0 bridgehead atoms. The largest absolute Gasteiger partial charge is 0.396 e. The van der Waals surface area contributed by atoms with Crippen molar-refractivity contribution in [2.75, 3.05) is 30.3 Å². The summed E-state index contributed by atoms with van der Waals surface area (Å²) in [4.78, 5) is 2.81. The third-order valence-corrected chi connectivity index (χ3v) is 7.17. The smallest absolute Gasteiger partial charge is 0.178 e. The minimum absolute atomic E-state index is 0.0236. The van der Waals surface area contributed by atoms with Gasteiger partial charge in [-0.15, -0.1) is 0 Å². The van der Waals surface area contributed by atoms with Crippen LogP contribution < -0.4 is 4.90 Å². The summed E-state index contributed by atoms with van der Waals surface area (Å²) in [5.41, 5.74) is 3.36. The quantitative estimate of drug-likeness (QED) is 0.296. The molecule has 0 aliphatic rings. The summed E-state index contributed by atoms with van der Waals surface area (Å²) in [6, 6.07) is 15.6. The zero-order chi connectivity index (χ0) is 22.5. The molecular formula is C26H37NO3S. The van der Waals surface area contributed by atoms with E-state index in [1.165, 1.54) is 31.4 Å². The molecule has 0 saturated carbocycles.